The molecule has 276 valence electrons. The van der Waals surface area contributed by atoms with Crippen molar-refractivity contribution in [2.75, 3.05) is 9.80 Å². The number of hydrogen-bond donors (Lipinski definition) is 0. The van der Waals surface area contributed by atoms with Crippen molar-refractivity contribution in [1.29, 1.82) is 0 Å². The molecule has 7 heteroatoms. The summed E-state index contributed by atoms with van der Waals surface area (Å²) in [5.74, 6) is -0.288. The highest BCUT2D eigenvalue weighted by Crippen LogP contribution is 2.49. The number of benzene rings is 9. The molecule has 9 aromatic rings. The predicted molar refractivity (Wildman–Crippen MR) is 233 cm³/mol. The van der Waals surface area contributed by atoms with Crippen LogP contribution in [0.25, 0.3) is 43.8 Å². The number of alkyl halides is 3. The summed E-state index contributed by atoms with van der Waals surface area (Å²) in [6, 6.07) is 65.1. The quantitative estimate of drug-likeness (QED) is 0.163. The Labute approximate surface area is 333 Å². The fourth-order valence-electron chi connectivity index (χ4n) is 9.09. The molecule has 11 rings (SSSR count). The van der Waals surface area contributed by atoms with Crippen LogP contribution in [0.15, 0.2) is 194 Å². The second-order valence-corrected chi connectivity index (χ2v) is 14.8. The van der Waals surface area contributed by atoms with Gasteiger partial charge in [0.1, 0.15) is 5.75 Å². The molecule has 3 nitrogen and oxygen atoms in total. The minimum Gasteiger partial charge on any atom is -0.406 e. The van der Waals surface area contributed by atoms with Gasteiger partial charge in [-0.3, -0.25) is 0 Å². The highest BCUT2D eigenvalue weighted by molar-refractivity contribution is 7.00. The van der Waals surface area contributed by atoms with Crippen LogP contribution < -0.4 is 30.9 Å². The summed E-state index contributed by atoms with van der Waals surface area (Å²) in [6.07, 6.45) is -4.91. The van der Waals surface area contributed by atoms with Crippen molar-refractivity contribution in [1.82, 2.24) is 0 Å². The van der Waals surface area contributed by atoms with Crippen LogP contribution in [0.4, 0.5) is 47.3 Å². The summed E-state index contributed by atoms with van der Waals surface area (Å²) in [6.45, 7) is -0.302. The Morgan fingerprint density at radius 1 is 0.414 bits per heavy atom. The van der Waals surface area contributed by atoms with Crippen molar-refractivity contribution >= 4 is 78.8 Å². The molecule has 0 spiro atoms. The standard InChI is InChI=1S/C51H32BF3N2O/c53-51(54,55)58-41-31-46-48-47(32-41)57(40-27-21-36(22-28-40)34-13-5-2-6-14-34)50-43-18-10-8-16-38(43)24-30-45(50)52(48)44-29-23-37-15-7-9-17-42(37)49(44)56(46)39-25-19-35(20-26-39)33-11-3-1-4-12-33/h1-32H. The third-order valence-electron chi connectivity index (χ3n) is 11.5. The Morgan fingerprint density at radius 2 is 0.810 bits per heavy atom. The molecular formula is C51H32BF3N2O. The summed E-state index contributed by atoms with van der Waals surface area (Å²) in [5.41, 5.74) is 12.0. The lowest BCUT2D eigenvalue weighted by Crippen LogP contribution is -2.61. The maximum Gasteiger partial charge on any atom is 0.573 e. The zero-order valence-corrected chi connectivity index (χ0v) is 31.0. The van der Waals surface area contributed by atoms with Crippen LogP contribution in [0.5, 0.6) is 5.75 Å². The predicted octanol–water partition coefficient (Wildman–Crippen LogP) is 12.3. The molecule has 0 atom stereocenters. The van der Waals surface area contributed by atoms with Crippen LogP contribution >= 0.6 is 0 Å². The molecule has 2 aliphatic heterocycles. The van der Waals surface area contributed by atoms with E-state index in [-0.39, 0.29) is 12.5 Å². The van der Waals surface area contributed by atoms with Gasteiger partial charge in [-0.1, -0.05) is 158 Å². The fourth-order valence-corrected chi connectivity index (χ4v) is 9.09. The van der Waals surface area contributed by atoms with Gasteiger partial charge in [0, 0.05) is 57.0 Å². The van der Waals surface area contributed by atoms with Crippen LogP contribution in [0.1, 0.15) is 0 Å². The average molecular weight is 757 g/mol. The first-order valence-electron chi connectivity index (χ1n) is 19.3. The number of hydrogen-bond acceptors (Lipinski definition) is 3. The summed E-state index contributed by atoms with van der Waals surface area (Å²) >= 11 is 0. The van der Waals surface area contributed by atoms with E-state index in [9.17, 15) is 13.2 Å². The third kappa shape index (κ3) is 5.53. The minimum absolute atomic E-state index is 0.288. The molecule has 0 amide bonds. The van der Waals surface area contributed by atoms with Gasteiger partial charge in [0.05, 0.1) is 0 Å². The van der Waals surface area contributed by atoms with Gasteiger partial charge in [-0.05, 0) is 73.7 Å². The SMILES string of the molecule is FC(F)(F)Oc1cc2c3c(c1)N(c1ccc(-c4ccccc4)cc1)c1c(ccc4ccccc14)B3c1ccc3ccccc3c1N2c1ccc(-c2ccccc2)cc1. The molecule has 0 aromatic heterocycles. The maximum absolute atomic E-state index is 14.4. The van der Waals surface area contributed by atoms with E-state index in [1.54, 1.807) is 12.1 Å². The summed E-state index contributed by atoms with van der Waals surface area (Å²) in [7, 11) is 0. The zero-order valence-electron chi connectivity index (χ0n) is 31.0. The summed E-state index contributed by atoms with van der Waals surface area (Å²) in [5, 5.41) is 4.08. The van der Waals surface area contributed by atoms with E-state index >= 15 is 0 Å². The molecule has 0 radical (unpaired) electrons. The second-order valence-electron chi connectivity index (χ2n) is 14.8. The van der Waals surface area contributed by atoms with Crippen molar-refractivity contribution in [3.8, 4) is 28.0 Å². The summed E-state index contributed by atoms with van der Waals surface area (Å²) in [4.78, 5) is 4.27. The molecule has 0 bridgehead atoms. The first kappa shape index (κ1) is 34.0. The van der Waals surface area contributed by atoms with Gasteiger partial charge in [0.2, 0.25) is 0 Å². The molecule has 9 aromatic carbocycles. The molecular weight excluding hydrogens is 724 g/mol. The summed E-state index contributed by atoms with van der Waals surface area (Å²) < 4.78 is 48.1. The highest BCUT2D eigenvalue weighted by Gasteiger charge is 2.45. The number of ether oxygens (including phenoxy) is 1. The molecule has 58 heavy (non-hydrogen) atoms. The molecule has 0 fully saturated rings. The van der Waals surface area contributed by atoms with E-state index in [2.05, 4.69) is 131 Å². The van der Waals surface area contributed by atoms with Gasteiger partial charge in [-0.25, -0.2) is 0 Å². The van der Waals surface area contributed by atoms with Gasteiger partial charge < -0.3 is 14.5 Å². The molecule has 0 aliphatic carbocycles. The smallest absolute Gasteiger partial charge is 0.406 e. The minimum atomic E-state index is -4.91. The van der Waals surface area contributed by atoms with Crippen molar-refractivity contribution < 1.29 is 17.9 Å². The maximum atomic E-state index is 14.4. The van der Waals surface area contributed by atoms with Crippen molar-refractivity contribution in [3.05, 3.63) is 194 Å². The van der Waals surface area contributed by atoms with Crippen molar-refractivity contribution in [2.24, 2.45) is 0 Å². The van der Waals surface area contributed by atoms with Gasteiger partial charge in [-0.15, -0.1) is 13.2 Å². The molecule has 0 saturated heterocycles. The fraction of sp³-hybridized carbons (Fsp3) is 0.0196. The Balaban J connectivity index is 1.22. The lowest BCUT2D eigenvalue weighted by Gasteiger charge is -2.45. The highest BCUT2D eigenvalue weighted by atomic mass is 19.4. The first-order chi connectivity index (χ1) is 28.4. The second kappa shape index (κ2) is 13.2. The van der Waals surface area contributed by atoms with Crippen LogP contribution in [0, 0.1) is 0 Å². The van der Waals surface area contributed by atoms with Crippen molar-refractivity contribution in [2.45, 2.75) is 6.36 Å². The number of rotatable bonds is 5. The van der Waals surface area contributed by atoms with E-state index in [0.717, 1.165) is 82.9 Å². The topological polar surface area (TPSA) is 15.7 Å². The normalized spacial score (nSPS) is 13.0. The molecule has 0 unspecified atom stereocenters. The Morgan fingerprint density at radius 3 is 1.24 bits per heavy atom. The lowest BCUT2D eigenvalue weighted by atomic mass is 9.33. The monoisotopic (exact) mass is 756 g/mol. The molecule has 2 heterocycles. The Hall–Kier alpha value is -7.25. The van der Waals surface area contributed by atoms with Crippen LogP contribution in [0.3, 0.4) is 0 Å². The number of fused-ring (bicyclic) bond motifs is 8. The van der Waals surface area contributed by atoms with Crippen molar-refractivity contribution in [3.63, 3.8) is 0 Å². The Bertz CT molecular complexity index is 2830. The Kier molecular flexibility index (Phi) is 7.73. The average Bonchev–Trinajstić information content (AvgIpc) is 3.26. The van der Waals surface area contributed by atoms with Crippen LogP contribution in [0.2, 0.25) is 0 Å². The van der Waals surface area contributed by atoms with Gasteiger partial charge in [0.15, 0.2) is 0 Å². The van der Waals surface area contributed by atoms with Crippen LogP contribution in [-0.2, 0) is 0 Å². The molecule has 2 aliphatic rings. The zero-order chi connectivity index (χ0) is 39.0. The number of anilines is 6. The van der Waals surface area contributed by atoms with E-state index in [1.165, 1.54) is 0 Å². The van der Waals surface area contributed by atoms with Gasteiger partial charge >= 0.3 is 6.36 Å². The largest absolute Gasteiger partial charge is 0.573 e. The molecule has 0 N–H and O–H groups in total. The third-order valence-corrected chi connectivity index (χ3v) is 11.5. The van der Waals surface area contributed by atoms with E-state index in [1.807, 2.05) is 60.7 Å². The van der Waals surface area contributed by atoms with Gasteiger partial charge in [-0.2, -0.15) is 0 Å². The molecule has 0 saturated carbocycles. The number of halogens is 3. The van der Waals surface area contributed by atoms with Gasteiger partial charge in [0.25, 0.3) is 6.71 Å². The van der Waals surface area contributed by atoms with E-state index in [0.29, 0.717) is 11.4 Å². The number of nitrogens with zero attached hydrogens (tertiary/aromatic N) is 2. The van der Waals surface area contributed by atoms with E-state index < -0.39 is 6.36 Å². The van der Waals surface area contributed by atoms with E-state index in [4.69, 9.17) is 4.74 Å². The first-order valence-corrected chi connectivity index (χ1v) is 19.3. The van der Waals surface area contributed by atoms with Crippen LogP contribution in [-0.4, -0.2) is 13.1 Å². The lowest BCUT2D eigenvalue weighted by molar-refractivity contribution is -0.274.